The van der Waals surface area contributed by atoms with E-state index in [-0.39, 0.29) is 24.6 Å². The van der Waals surface area contributed by atoms with E-state index >= 15 is 0 Å². The third kappa shape index (κ3) is 4.06. The van der Waals surface area contributed by atoms with Gasteiger partial charge in [0.25, 0.3) is 0 Å². The molecule has 1 saturated carbocycles. The fraction of sp³-hybridized carbons (Fsp3) is 0.800. The summed E-state index contributed by atoms with van der Waals surface area (Å²) in [5.74, 6) is -0.0161. The number of carbonyl (C=O) groups is 2. The first-order valence-electron chi connectivity index (χ1n) is 5.39. The molecule has 0 aliphatic heterocycles. The van der Waals surface area contributed by atoms with Crippen LogP contribution >= 0.6 is 0 Å². The van der Waals surface area contributed by atoms with Crippen molar-refractivity contribution >= 4 is 12.0 Å². The molecule has 0 aromatic heterocycles. The van der Waals surface area contributed by atoms with Gasteiger partial charge in [0.2, 0.25) is 5.91 Å². The Labute approximate surface area is 94.3 Å². The zero-order chi connectivity index (χ0) is 12.0. The number of hydrogen-bond donors (Lipinski definition) is 3. The van der Waals surface area contributed by atoms with E-state index in [1.807, 2.05) is 0 Å². The SMILES string of the molecule is COCNC(=O)[C@H]1CC[C@H](NC(=O)O)CC1. The van der Waals surface area contributed by atoms with E-state index in [2.05, 4.69) is 10.6 Å². The predicted molar refractivity (Wildman–Crippen MR) is 56.9 cm³/mol. The molecule has 3 N–H and O–H groups in total. The van der Waals surface area contributed by atoms with Gasteiger partial charge in [0.1, 0.15) is 6.73 Å². The van der Waals surface area contributed by atoms with Gasteiger partial charge < -0.3 is 20.5 Å². The van der Waals surface area contributed by atoms with Crippen LogP contribution in [0, 0.1) is 5.92 Å². The first kappa shape index (κ1) is 12.8. The smallest absolute Gasteiger partial charge is 0.404 e. The molecule has 0 heterocycles. The number of carboxylic acid groups (broad SMARTS) is 1. The second kappa shape index (κ2) is 6.32. The molecule has 6 heteroatoms. The van der Waals surface area contributed by atoms with E-state index in [9.17, 15) is 9.59 Å². The highest BCUT2D eigenvalue weighted by Gasteiger charge is 2.26. The third-order valence-corrected chi connectivity index (χ3v) is 2.82. The van der Waals surface area contributed by atoms with E-state index < -0.39 is 6.09 Å². The molecule has 0 saturated heterocycles. The number of amides is 2. The van der Waals surface area contributed by atoms with Crippen LogP contribution in [0.5, 0.6) is 0 Å². The molecule has 2 amide bonds. The summed E-state index contributed by atoms with van der Waals surface area (Å²) >= 11 is 0. The van der Waals surface area contributed by atoms with Crippen LogP contribution in [0.3, 0.4) is 0 Å². The summed E-state index contributed by atoms with van der Waals surface area (Å²) < 4.78 is 4.76. The van der Waals surface area contributed by atoms with Gasteiger partial charge in [-0.25, -0.2) is 4.79 Å². The van der Waals surface area contributed by atoms with E-state index in [1.165, 1.54) is 7.11 Å². The zero-order valence-corrected chi connectivity index (χ0v) is 9.36. The van der Waals surface area contributed by atoms with Crippen molar-refractivity contribution in [2.45, 2.75) is 31.7 Å². The minimum atomic E-state index is -0.993. The van der Waals surface area contributed by atoms with Crippen LogP contribution in [0.15, 0.2) is 0 Å². The Morgan fingerprint density at radius 1 is 1.31 bits per heavy atom. The lowest BCUT2D eigenvalue weighted by molar-refractivity contribution is -0.127. The topological polar surface area (TPSA) is 87.7 Å². The van der Waals surface area contributed by atoms with Crippen molar-refractivity contribution < 1.29 is 19.4 Å². The van der Waals surface area contributed by atoms with Gasteiger partial charge in [-0.3, -0.25) is 4.79 Å². The molecule has 1 aliphatic rings. The summed E-state index contributed by atoms with van der Waals surface area (Å²) in [6, 6.07) is -0.0102. The second-order valence-corrected chi connectivity index (χ2v) is 3.97. The number of rotatable bonds is 4. The maximum absolute atomic E-state index is 11.6. The second-order valence-electron chi connectivity index (χ2n) is 3.97. The van der Waals surface area contributed by atoms with Crippen molar-refractivity contribution in [3.8, 4) is 0 Å². The van der Waals surface area contributed by atoms with E-state index in [1.54, 1.807) is 0 Å². The van der Waals surface area contributed by atoms with Crippen LogP contribution in [0.1, 0.15) is 25.7 Å². The van der Waals surface area contributed by atoms with E-state index in [0.717, 1.165) is 25.7 Å². The predicted octanol–water partition coefficient (Wildman–Crippen LogP) is 0.533. The van der Waals surface area contributed by atoms with Crippen LogP contribution in [0.4, 0.5) is 4.79 Å². The Kier molecular flexibility index (Phi) is 5.04. The van der Waals surface area contributed by atoms with Crippen molar-refractivity contribution in [1.29, 1.82) is 0 Å². The van der Waals surface area contributed by atoms with Crippen molar-refractivity contribution in [3.63, 3.8) is 0 Å². The van der Waals surface area contributed by atoms with Crippen LogP contribution in [-0.2, 0) is 9.53 Å². The van der Waals surface area contributed by atoms with Gasteiger partial charge >= 0.3 is 6.09 Å². The normalized spacial score (nSPS) is 24.8. The van der Waals surface area contributed by atoms with Gasteiger partial charge in [0, 0.05) is 19.1 Å². The summed E-state index contributed by atoms with van der Waals surface area (Å²) in [5, 5.41) is 13.7. The monoisotopic (exact) mass is 230 g/mol. The van der Waals surface area contributed by atoms with E-state index in [4.69, 9.17) is 9.84 Å². The lowest BCUT2D eigenvalue weighted by atomic mass is 9.85. The van der Waals surface area contributed by atoms with Crippen molar-refractivity contribution in [2.24, 2.45) is 5.92 Å². The molecule has 0 spiro atoms. The Hall–Kier alpha value is -1.30. The Bertz CT molecular complexity index is 249. The van der Waals surface area contributed by atoms with Crippen molar-refractivity contribution in [1.82, 2.24) is 10.6 Å². The van der Waals surface area contributed by atoms with Crippen LogP contribution in [-0.4, -0.2) is 37.0 Å². The quantitative estimate of drug-likeness (QED) is 0.615. The third-order valence-electron chi connectivity index (χ3n) is 2.82. The summed E-state index contributed by atoms with van der Waals surface area (Å²) in [5.41, 5.74) is 0. The maximum atomic E-state index is 11.6. The van der Waals surface area contributed by atoms with Crippen LogP contribution < -0.4 is 10.6 Å². The molecule has 0 aromatic carbocycles. The largest absolute Gasteiger partial charge is 0.465 e. The molecule has 16 heavy (non-hydrogen) atoms. The van der Waals surface area contributed by atoms with Gasteiger partial charge in [-0.05, 0) is 25.7 Å². The van der Waals surface area contributed by atoms with Crippen molar-refractivity contribution in [2.75, 3.05) is 13.8 Å². The first-order chi connectivity index (χ1) is 7.63. The van der Waals surface area contributed by atoms with Gasteiger partial charge in [-0.15, -0.1) is 0 Å². The van der Waals surface area contributed by atoms with Gasteiger partial charge in [-0.2, -0.15) is 0 Å². The first-order valence-corrected chi connectivity index (χ1v) is 5.39. The average molecular weight is 230 g/mol. The standard InChI is InChI=1S/C10H18N2O4/c1-16-6-11-9(13)7-2-4-8(5-3-7)12-10(14)15/h7-8,12H,2-6H2,1H3,(H,11,13)(H,14,15)/t7-,8-. The van der Waals surface area contributed by atoms with E-state index in [0.29, 0.717) is 0 Å². The average Bonchev–Trinajstić information content (AvgIpc) is 2.26. The van der Waals surface area contributed by atoms with Crippen molar-refractivity contribution in [3.05, 3.63) is 0 Å². The lowest BCUT2D eigenvalue weighted by Crippen LogP contribution is -2.40. The summed E-state index contributed by atoms with van der Waals surface area (Å²) in [6.07, 6.45) is 1.89. The molecule has 1 fully saturated rings. The number of ether oxygens (including phenoxy) is 1. The highest BCUT2D eigenvalue weighted by Crippen LogP contribution is 2.24. The molecule has 92 valence electrons. The summed E-state index contributed by atoms with van der Waals surface area (Å²) in [7, 11) is 1.52. The Morgan fingerprint density at radius 3 is 2.44 bits per heavy atom. The minimum absolute atomic E-state index is 0.00405. The van der Waals surface area contributed by atoms with Crippen LogP contribution in [0.25, 0.3) is 0 Å². The zero-order valence-electron chi connectivity index (χ0n) is 9.36. The molecule has 0 aromatic rings. The molecular formula is C10H18N2O4. The fourth-order valence-corrected chi connectivity index (χ4v) is 1.96. The number of carbonyl (C=O) groups excluding carboxylic acids is 1. The van der Waals surface area contributed by atoms with Crippen LogP contribution in [0.2, 0.25) is 0 Å². The Morgan fingerprint density at radius 2 is 1.94 bits per heavy atom. The molecule has 1 aliphatic carbocycles. The molecule has 0 unspecified atom stereocenters. The molecule has 0 bridgehead atoms. The summed E-state index contributed by atoms with van der Waals surface area (Å²) in [4.78, 5) is 22.0. The highest BCUT2D eigenvalue weighted by atomic mass is 16.5. The van der Waals surface area contributed by atoms with Gasteiger partial charge in [-0.1, -0.05) is 0 Å². The molecular weight excluding hydrogens is 212 g/mol. The minimum Gasteiger partial charge on any atom is -0.465 e. The molecule has 0 atom stereocenters. The fourth-order valence-electron chi connectivity index (χ4n) is 1.96. The number of nitrogens with one attached hydrogen (secondary N) is 2. The highest BCUT2D eigenvalue weighted by molar-refractivity contribution is 5.78. The maximum Gasteiger partial charge on any atom is 0.404 e. The van der Waals surface area contributed by atoms with Gasteiger partial charge in [0.15, 0.2) is 0 Å². The number of hydrogen-bond acceptors (Lipinski definition) is 3. The summed E-state index contributed by atoms with van der Waals surface area (Å²) in [6.45, 7) is 0.228. The molecule has 0 radical (unpaired) electrons. The molecule has 6 nitrogen and oxygen atoms in total. The Balaban J connectivity index is 2.25. The molecule has 1 rings (SSSR count). The van der Waals surface area contributed by atoms with Gasteiger partial charge in [0.05, 0.1) is 0 Å². The number of methoxy groups -OCH3 is 1. The lowest BCUT2D eigenvalue weighted by Gasteiger charge is -2.27.